The summed E-state index contributed by atoms with van der Waals surface area (Å²) in [5, 5.41) is 10.6. The first-order chi connectivity index (χ1) is 10.9. The van der Waals surface area contributed by atoms with Gasteiger partial charge in [0.15, 0.2) is 0 Å². The molecule has 1 aromatic carbocycles. The first kappa shape index (κ1) is 16.0. The Morgan fingerprint density at radius 2 is 2.35 bits per heavy atom. The van der Waals surface area contributed by atoms with E-state index in [0.29, 0.717) is 25.3 Å². The number of aromatic amines is 1. The zero-order valence-electron chi connectivity index (χ0n) is 13.4. The minimum absolute atomic E-state index is 0.345. The van der Waals surface area contributed by atoms with E-state index in [1.54, 1.807) is 25.4 Å². The predicted molar refractivity (Wildman–Crippen MR) is 84.7 cm³/mol. The molecule has 3 rings (SSSR count). The molecular weight excluding hydrogens is 297 g/mol. The van der Waals surface area contributed by atoms with Gasteiger partial charge in [0.05, 0.1) is 12.0 Å². The van der Waals surface area contributed by atoms with Gasteiger partial charge in [-0.15, -0.1) is 0 Å². The minimum atomic E-state index is -0.941. The number of imidazole rings is 1. The van der Waals surface area contributed by atoms with Crippen LogP contribution in [0.5, 0.6) is 5.75 Å². The zero-order valence-corrected chi connectivity index (χ0v) is 13.4. The van der Waals surface area contributed by atoms with Crippen molar-refractivity contribution in [3.63, 3.8) is 0 Å². The molecule has 0 unspecified atom stereocenters. The van der Waals surface area contributed by atoms with Crippen LogP contribution in [0.1, 0.15) is 24.7 Å². The lowest BCUT2D eigenvalue weighted by Gasteiger charge is -2.42. The molecule has 0 amide bonds. The molecule has 0 radical (unpaired) electrons. The number of hydrogen-bond donors (Lipinski definition) is 2. The van der Waals surface area contributed by atoms with E-state index in [9.17, 15) is 9.50 Å². The number of piperidine rings is 1. The molecular formula is C17H22FN3O2. The van der Waals surface area contributed by atoms with Crippen LogP contribution in [0.2, 0.25) is 0 Å². The Hall–Kier alpha value is -1.92. The molecule has 1 saturated heterocycles. The third kappa shape index (κ3) is 3.71. The molecule has 0 bridgehead atoms. The lowest BCUT2D eigenvalue weighted by atomic mass is 9.90. The smallest absolute Gasteiger partial charge is 0.140 e. The number of aromatic nitrogens is 2. The number of aryl methyl sites for hydroxylation is 1. The van der Waals surface area contributed by atoms with Crippen LogP contribution in [-0.4, -0.2) is 44.8 Å². The molecule has 1 aliphatic rings. The topological polar surface area (TPSA) is 61.4 Å². The fourth-order valence-electron chi connectivity index (χ4n) is 2.84. The average Bonchev–Trinajstić information content (AvgIpc) is 2.88. The lowest BCUT2D eigenvalue weighted by Crippen LogP contribution is -2.56. The SMILES string of the molecule is Cc1[nH]cnc1CN1CC[C@](C)(O)[C@@H](Oc2cccc(F)c2)C1. The molecule has 1 fully saturated rings. The van der Waals surface area contributed by atoms with Gasteiger partial charge in [-0.2, -0.15) is 0 Å². The van der Waals surface area contributed by atoms with Crippen molar-refractivity contribution < 1.29 is 14.2 Å². The number of benzene rings is 1. The van der Waals surface area contributed by atoms with Gasteiger partial charge in [-0.05, 0) is 32.4 Å². The summed E-state index contributed by atoms with van der Waals surface area (Å²) in [4.78, 5) is 9.59. The van der Waals surface area contributed by atoms with Gasteiger partial charge in [-0.25, -0.2) is 9.37 Å². The van der Waals surface area contributed by atoms with E-state index in [1.165, 1.54) is 12.1 Å². The number of nitrogens with zero attached hydrogens (tertiary/aromatic N) is 2. The fourth-order valence-corrected chi connectivity index (χ4v) is 2.84. The quantitative estimate of drug-likeness (QED) is 0.907. The maximum atomic E-state index is 13.3. The standard InChI is InChI=1S/C17H22FN3O2/c1-12-15(20-11-19-12)9-21-7-6-17(2,22)16(10-21)23-14-5-3-4-13(18)8-14/h3-5,8,11,16,22H,6-7,9-10H2,1-2H3,(H,19,20)/t16-,17-/m0/s1. The first-order valence-electron chi connectivity index (χ1n) is 7.80. The van der Waals surface area contributed by atoms with E-state index in [4.69, 9.17) is 4.74 Å². The fraction of sp³-hybridized carbons (Fsp3) is 0.471. The average molecular weight is 319 g/mol. The molecule has 5 nitrogen and oxygen atoms in total. The van der Waals surface area contributed by atoms with Crippen molar-refractivity contribution in [2.75, 3.05) is 13.1 Å². The molecule has 124 valence electrons. The summed E-state index contributed by atoms with van der Waals surface area (Å²) in [7, 11) is 0. The van der Waals surface area contributed by atoms with Gasteiger partial charge in [-0.1, -0.05) is 6.07 Å². The molecule has 0 spiro atoms. The number of H-pyrrole nitrogens is 1. The van der Waals surface area contributed by atoms with E-state index in [1.807, 2.05) is 6.92 Å². The first-order valence-corrected chi connectivity index (χ1v) is 7.80. The summed E-state index contributed by atoms with van der Waals surface area (Å²) >= 11 is 0. The maximum Gasteiger partial charge on any atom is 0.140 e. The van der Waals surface area contributed by atoms with Crippen molar-refractivity contribution in [3.8, 4) is 5.75 Å². The summed E-state index contributed by atoms with van der Waals surface area (Å²) in [6.07, 6.45) is 1.86. The third-order valence-electron chi connectivity index (χ3n) is 4.43. The summed E-state index contributed by atoms with van der Waals surface area (Å²) in [5.41, 5.74) is 1.10. The number of halogens is 1. The van der Waals surface area contributed by atoms with E-state index in [0.717, 1.165) is 17.9 Å². The van der Waals surface area contributed by atoms with E-state index in [-0.39, 0.29) is 5.82 Å². The van der Waals surface area contributed by atoms with Gasteiger partial charge >= 0.3 is 0 Å². The van der Waals surface area contributed by atoms with Crippen LogP contribution in [0, 0.1) is 12.7 Å². The second-order valence-electron chi connectivity index (χ2n) is 6.38. The molecule has 2 atom stereocenters. The van der Waals surface area contributed by atoms with Crippen molar-refractivity contribution >= 4 is 0 Å². The van der Waals surface area contributed by atoms with Gasteiger partial charge < -0.3 is 14.8 Å². The Kier molecular flexibility index (Phi) is 4.37. The predicted octanol–water partition coefficient (Wildman–Crippen LogP) is 2.26. The van der Waals surface area contributed by atoms with Gasteiger partial charge in [0.1, 0.15) is 23.3 Å². The van der Waals surface area contributed by atoms with Gasteiger partial charge in [-0.3, -0.25) is 4.90 Å². The summed E-state index contributed by atoms with van der Waals surface area (Å²) in [5.74, 6) is 0.0926. The van der Waals surface area contributed by atoms with Crippen LogP contribution in [-0.2, 0) is 6.54 Å². The van der Waals surface area contributed by atoms with Crippen molar-refractivity contribution in [2.24, 2.45) is 0 Å². The highest BCUT2D eigenvalue weighted by atomic mass is 19.1. The van der Waals surface area contributed by atoms with Crippen molar-refractivity contribution in [3.05, 3.63) is 47.8 Å². The number of hydrogen-bond acceptors (Lipinski definition) is 4. The molecule has 2 aromatic rings. The summed E-state index contributed by atoms with van der Waals surface area (Å²) in [6.45, 7) is 5.80. The van der Waals surface area contributed by atoms with Gasteiger partial charge in [0.25, 0.3) is 0 Å². The van der Waals surface area contributed by atoms with Crippen LogP contribution in [0.25, 0.3) is 0 Å². The molecule has 0 aliphatic carbocycles. The highest BCUT2D eigenvalue weighted by Crippen LogP contribution is 2.27. The molecule has 23 heavy (non-hydrogen) atoms. The molecule has 2 N–H and O–H groups in total. The third-order valence-corrected chi connectivity index (χ3v) is 4.43. The Morgan fingerprint density at radius 1 is 1.52 bits per heavy atom. The normalized spacial score (nSPS) is 25.5. The molecule has 0 saturated carbocycles. The molecule has 1 aromatic heterocycles. The highest BCUT2D eigenvalue weighted by molar-refractivity contribution is 5.23. The van der Waals surface area contributed by atoms with Crippen LogP contribution in [0.15, 0.2) is 30.6 Å². The van der Waals surface area contributed by atoms with Crippen LogP contribution in [0.4, 0.5) is 4.39 Å². The van der Waals surface area contributed by atoms with Crippen LogP contribution in [0.3, 0.4) is 0 Å². The largest absolute Gasteiger partial charge is 0.486 e. The van der Waals surface area contributed by atoms with Crippen molar-refractivity contribution in [2.45, 2.75) is 38.5 Å². The summed E-state index contributed by atoms with van der Waals surface area (Å²) < 4.78 is 19.2. The lowest BCUT2D eigenvalue weighted by molar-refractivity contribution is -0.0967. The number of ether oxygens (including phenoxy) is 1. The summed E-state index contributed by atoms with van der Waals surface area (Å²) in [6, 6.07) is 6.02. The number of likely N-dealkylation sites (tertiary alicyclic amines) is 1. The Balaban J connectivity index is 1.70. The van der Waals surface area contributed by atoms with E-state index >= 15 is 0 Å². The number of rotatable bonds is 4. The second-order valence-corrected chi connectivity index (χ2v) is 6.38. The Morgan fingerprint density at radius 3 is 3.04 bits per heavy atom. The maximum absolute atomic E-state index is 13.3. The minimum Gasteiger partial charge on any atom is -0.486 e. The van der Waals surface area contributed by atoms with Crippen LogP contribution < -0.4 is 4.74 Å². The highest BCUT2D eigenvalue weighted by Gasteiger charge is 2.39. The van der Waals surface area contributed by atoms with E-state index < -0.39 is 11.7 Å². The Bertz CT molecular complexity index is 671. The molecule has 2 heterocycles. The van der Waals surface area contributed by atoms with Gasteiger partial charge in [0.2, 0.25) is 0 Å². The van der Waals surface area contributed by atoms with Gasteiger partial charge in [0, 0.05) is 31.4 Å². The van der Waals surface area contributed by atoms with E-state index in [2.05, 4.69) is 14.9 Å². The number of nitrogens with one attached hydrogen (secondary N) is 1. The second kappa shape index (κ2) is 6.29. The van der Waals surface area contributed by atoms with Crippen molar-refractivity contribution in [1.82, 2.24) is 14.9 Å². The Labute approximate surface area is 135 Å². The zero-order chi connectivity index (χ0) is 16.4. The molecule has 1 aliphatic heterocycles. The van der Waals surface area contributed by atoms with Crippen LogP contribution >= 0.6 is 0 Å². The monoisotopic (exact) mass is 319 g/mol. The number of aliphatic hydroxyl groups is 1. The van der Waals surface area contributed by atoms with Crippen molar-refractivity contribution in [1.29, 1.82) is 0 Å². The molecule has 6 heteroatoms.